The molecule has 0 aliphatic heterocycles. The zero-order valence-corrected chi connectivity index (χ0v) is 31.1. The van der Waals surface area contributed by atoms with E-state index in [9.17, 15) is 13.9 Å². The highest BCUT2D eigenvalue weighted by Gasteiger charge is 2.45. The molecule has 35 heavy (non-hydrogen) atoms. The number of hydrogen-bond donors (Lipinski definition) is 0. The maximum atomic E-state index is 13.7. The van der Waals surface area contributed by atoms with Crippen LogP contribution in [-0.2, 0) is 44.2 Å². The summed E-state index contributed by atoms with van der Waals surface area (Å²) >= 11 is 0. The maximum Gasteiger partial charge on any atom is 0.456 e. The number of phosphoric acid groups is 2. The van der Waals surface area contributed by atoms with Gasteiger partial charge in [-0.3, -0.25) is 13.8 Å². The van der Waals surface area contributed by atoms with Crippen molar-refractivity contribution >= 4 is 63.2 Å². The standard InChI is InChI=1S/C18H48O10P2Si5/c1-31(2,3)24-18(19)17(23-30(21,27-34(10,11)12)28-35(13,14)15)16-22-29(20,25-32(4,5)6)26-33(7,8)9/h17H,16H2,1-15H3. The third kappa shape index (κ3) is 18.6. The van der Waals surface area contributed by atoms with Gasteiger partial charge in [-0.2, -0.15) is 0 Å². The van der Waals surface area contributed by atoms with Crippen LogP contribution < -0.4 is 0 Å². The van der Waals surface area contributed by atoms with Crippen LogP contribution in [0, 0.1) is 0 Å². The smallest absolute Gasteiger partial charge is 0.456 e. The van der Waals surface area contributed by atoms with Crippen molar-refractivity contribution in [2.45, 2.75) is 104 Å². The first-order valence-corrected chi connectivity index (χ1v) is 31.6. The van der Waals surface area contributed by atoms with Crippen LogP contribution >= 0.6 is 15.6 Å². The van der Waals surface area contributed by atoms with Crippen molar-refractivity contribution in [1.82, 2.24) is 0 Å². The number of hydrogen-bond acceptors (Lipinski definition) is 10. The highest BCUT2D eigenvalue weighted by Crippen LogP contribution is 2.57. The maximum absolute atomic E-state index is 13.7. The highest BCUT2D eigenvalue weighted by molar-refractivity contribution is 7.52. The van der Waals surface area contributed by atoms with Crippen molar-refractivity contribution in [1.29, 1.82) is 0 Å². The molecule has 1 atom stereocenters. The number of rotatable bonds is 15. The SMILES string of the molecule is C[Si](C)(C)OC(=O)C(COP(=O)(O[Si](C)(C)C)O[Si](C)(C)C)OP(=O)(O[Si](C)(C)C)O[Si](C)(C)C. The fraction of sp³-hybridized carbons (Fsp3) is 0.944. The first-order chi connectivity index (χ1) is 15.0. The molecule has 0 saturated heterocycles. The fourth-order valence-electron chi connectivity index (χ4n) is 2.30. The van der Waals surface area contributed by atoms with E-state index in [0.717, 1.165) is 0 Å². The van der Waals surface area contributed by atoms with Gasteiger partial charge < -0.3 is 21.3 Å². The molecule has 17 heteroatoms. The Morgan fingerprint density at radius 1 is 0.571 bits per heavy atom. The van der Waals surface area contributed by atoms with Gasteiger partial charge in [-0.15, -0.1) is 0 Å². The minimum Gasteiger partial charge on any atom is -0.518 e. The third-order valence-corrected chi connectivity index (χ3v) is 17.0. The Bertz CT molecular complexity index is 767. The molecule has 0 rings (SSSR count). The summed E-state index contributed by atoms with van der Waals surface area (Å²) in [6.45, 7) is 27.0. The van der Waals surface area contributed by atoms with Gasteiger partial charge in [-0.1, -0.05) is 0 Å². The molecule has 0 spiro atoms. The lowest BCUT2D eigenvalue weighted by atomic mass is 10.4. The molecule has 0 heterocycles. The Hall–Kier alpha value is 0.774. The number of carbonyl (C=O) groups excluding carboxylic acids is 1. The first kappa shape index (κ1) is 35.8. The second kappa shape index (κ2) is 12.3. The monoisotopic (exact) mass is 626 g/mol. The lowest BCUT2D eigenvalue weighted by Crippen LogP contribution is -2.40. The summed E-state index contributed by atoms with van der Waals surface area (Å²) in [5, 5.41) is 0. The molecule has 0 saturated carbocycles. The van der Waals surface area contributed by atoms with Crippen LogP contribution in [0.4, 0.5) is 0 Å². The van der Waals surface area contributed by atoms with E-state index in [1.165, 1.54) is 0 Å². The van der Waals surface area contributed by atoms with E-state index in [1.54, 1.807) is 0 Å². The van der Waals surface area contributed by atoms with Crippen LogP contribution in [0.2, 0.25) is 98.2 Å². The van der Waals surface area contributed by atoms with E-state index < -0.39 is 75.9 Å². The molecular formula is C18H48O10P2Si5. The molecule has 0 amide bonds. The quantitative estimate of drug-likeness (QED) is 0.135. The highest BCUT2D eigenvalue weighted by atomic mass is 31.2. The van der Waals surface area contributed by atoms with Crippen molar-refractivity contribution in [2.75, 3.05) is 6.61 Å². The van der Waals surface area contributed by atoms with Gasteiger partial charge in [0, 0.05) is 0 Å². The molecule has 10 nitrogen and oxygen atoms in total. The molecule has 0 bridgehead atoms. The molecule has 1 unspecified atom stereocenters. The van der Waals surface area contributed by atoms with Gasteiger partial charge >= 0.3 is 21.6 Å². The summed E-state index contributed by atoms with van der Waals surface area (Å²) in [6, 6.07) is 0. The Morgan fingerprint density at radius 3 is 1.17 bits per heavy atom. The average molecular weight is 627 g/mol. The Labute approximate surface area is 218 Å². The average Bonchev–Trinajstić information content (AvgIpc) is 2.41. The summed E-state index contributed by atoms with van der Waals surface area (Å²) in [5.41, 5.74) is 0. The van der Waals surface area contributed by atoms with Crippen molar-refractivity contribution in [2.24, 2.45) is 0 Å². The van der Waals surface area contributed by atoms with Crippen molar-refractivity contribution in [3.05, 3.63) is 0 Å². The molecule has 0 fully saturated rings. The normalized spacial score (nSPS) is 15.7. The Balaban J connectivity index is 6.23. The fourth-order valence-corrected chi connectivity index (χ4v) is 16.3. The van der Waals surface area contributed by atoms with Crippen molar-refractivity contribution in [3.63, 3.8) is 0 Å². The topological polar surface area (TPSA) is 116 Å². The van der Waals surface area contributed by atoms with Gasteiger partial charge in [-0.25, -0.2) is 9.13 Å². The lowest BCUT2D eigenvalue weighted by molar-refractivity contribution is -0.145. The van der Waals surface area contributed by atoms with Gasteiger partial charge in [0.1, 0.15) is 0 Å². The zero-order chi connectivity index (χ0) is 28.3. The van der Waals surface area contributed by atoms with Crippen LogP contribution in [0.3, 0.4) is 0 Å². The first-order valence-electron chi connectivity index (χ1n) is 11.6. The predicted molar refractivity (Wildman–Crippen MR) is 153 cm³/mol. The zero-order valence-electron chi connectivity index (χ0n) is 24.3. The molecule has 0 aromatic carbocycles. The third-order valence-electron chi connectivity index (χ3n) is 2.85. The summed E-state index contributed by atoms with van der Waals surface area (Å²) in [6.07, 6.45) is -1.52. The van der Waals surface area contributed by atoms with E-state index in [2.05, 4.69) is 0 Å². The summed E-state index contributed by atoms with van der Waals surface area (Å²) in [7, 11) is -20.2. The van der Waals surface area contributed by atoms with Crippen LogP contribution in [0.15, 0.2) is 0 Å². The van der Waals surface area contributed by atoms with Crippen LogP contribution in [0.25, 0.3) is 0 Å². The van der Waals surface area contributed by atoms with Crippen molar-refractivity contribution < 1.29 is 44.2 Å². The molecule has 0 N–H and O–H groups in total. The van der Waals surface area contributed by atoms with E-state index >= 15 is 0 Å². The van der Waals surface area contributed by atoms with Gasteiger partial charge in [0.25, 0.3) is 0 Å². The van der Waals surface area contributed by atoms with Gasteiger partial charge in [0.05, 0.1) is 6.61 Å². The predicted octanol–water partition coefficient (Wildman–Crippen LogP) is 7.39. The Morgan fingerprint density at radius 2 is 0.886 bits per heavy atom. The van der Waals surface area contributed by atoms with Crippen LogP contribution in [-0.4, -0.2) is 60.3 Å². The molecular weight excluding hydrogens is 579 g/mol. The molecule has 0 radical (unpaired) electrons. The van der Waals surface area contributed by atoms with Crippen LogP contribution in [0.1, 0.15) is 0 Å². The molecule has 0 aliphatic carbocycles. The van der Waals surface area contributed by atoms with Gasteiger partial charge in [0.15, 0.2) is 39.4 Å². The van der Waals surface area contributed by atoms with Gasteiger partial charge in [-0.05, 0) is 98.2 Å². The molecule has 0 aromatic heterocycles. The summed E-state index contributed by atoms with van der Waals surface area (Å²) in [5.74, 6) is -0.796. The van der Waals surface area contributed by atoms with E-state index in [4.69, 9.17) is 30.3 Å². The minimum atomic E-state index is -4.20. The minimum absolute atomic E-state index is 0.566. The second-order valence-electron chi connectivity index (χ2n) is 13.1. The largest absolute Gasteiger partial charge is 0.518 e. The van der Waals surface area contributed by atoms with Crippen LogP contribution in [0.5, 0.6) is 0 Å². The van der Waals surface area contributed by atoms with E-state index in [0.29, 0.717) is 0 Å². The van der Waals surface area contributed by atoms with Gasteiger partial charge in [0.2, 0.25) is 8.32 Å². The molecule has 0 aliphatic rings. The van der Waals surface area contributed by atoms with E-state index in [1.807, 2.05) is 98.2 Å². The second-order valence-corrected chi connectivity index (χ2v) is 39.6. The van der Waals surface area contributed by atoms with Crippen molar-refractivity contribution in [3.8, 4) is 0 Å². The summed E-state index contributed by atoms with van der Waals surface area (Å²) in [4.78, 5) is 13.1. The van der Waals surface area contributed by atoms with E-state index in [-0.39, 0.29) is 0 Å². The summed E-state index contributed by atoms with van der Waals surface area (Å²) < 4.78 is 67.5. The molecule has 0 aromatic rings. The number of carbonyl (C=O) groups is 1. The molecule has 210 valence electrons. The lowest BCUT2D eigenvalue weighted by Gasteiger charge is -2.34. The Kier molecular flexibility index (Phi) is 12.6.